The topological polar surface area (TPSA) is 18.5 Å². The molecule has 0 N–H and O–H groups in total. The van der Waals surface area contributed by atoms with E-state index in [-0.39, 0.29) is 0 Å². The summed E-state index contributed by atoms with van der Waals surface area (Å²) >= 11 is 3.49. The van der Waals surface area contributed by atoms with Gasteiger partial charge in [-0.15, -0.1) is 0 Å². The number of hydrogen-bond acceptors (Lipinski definition) is 2. The molecule has 0 spiro atoms. The Morgan fingerprint density at radius 3 is 1.76 bits per heavy atom. The summed E-state index contributed by atoms with van der Waals surface area (Å²) in [4.78, 5) is 0. The van der Waals surface area contributed by atoms with Crippen molar-refractivity contribution >= 4 is 15.9 Å². The number of halogens is 1. The first-order chi connectivity index (χ1) is 10.3. The number of para-hydroxylation sites is 2. The van der Waals surface area contributed by atoms with Gasteiger partial charge in [0.15, 0.2) is 0 Å². The van der Waals surface area contributed by atoms with Crippen molar-refractivity contribution in [2.24, 2.45) is 0 Å². The van der Waals surface area contributed by atoms with Gasteiger partial charge >= 0.3 is 0 Å². The van der Waals surface area contributed by atoms with Crippen LogP contribution in [0.1, 0.15) is 0 Å². The quantitative estimate of drug-likeness (QED) is 0.576. The van der Waals surface area contributed by atoms with Gasteiger partial charge in [0.2, 0.25) is 0 Å². The van der Waals surface area contributed by atoms with Crippen molar-refractivity contribution in [3.8, 4) is 23.0 Å². The molecule has 0 aliphatic carbocycles. The molecular formula is C18H13BrO2. The first-order valence-electron chi connectivity index (χ1n) is 6.56. The minimum absolute atomic E-state index is 0.717. The number of ether oxygens (including phenoxy) is 2. The van der Waals surface area contributed by atoms with Crippen molar-refractivity contribution in [1.82, 2.24) is 0 Å². The van der Waals surface area contributed by atoms with E-state index >= 15 is 0 Å². The Kier molecular flexibility index (Phi) is 4.22. The normalized spacial score (nSPS) is 10.1. The molecule has 3 heteroatoms. The molecule has 2 nitrogen and oxygen atoms in total. The fourth-order valence-corrected chi connectivity index (χ4v) is 2.19. The number of rotatable bonds is 4. The van der Waals surface area contributed by atoms with Gasteiger partial charge in [-0.1, -0.05) is 36.4 Å². The van der Waals surface area contributed by atoms with Gasteiger partial charge in [-0.3, -0.25) is 0 Å². The molecule has 0 unspecified atom stereocenters. The van der Waals surface area contributed by atoms with E-state index in [2.05, 4.69) is 15.9 Å². The van der Waals surface area contributed by atoms with Crippen LogP contribution in [0.25, 0.3) is 0 Å². The van der Waals surface area contributed by atoms with Crippen LogP contribution in [-0.2, 0) is 0 Å². The molecule has 0 saturated carbocycles. The van der Waals surface area contributed by atoms with Gasteiger partial charge in [0.1, 0.15) is 23.0 Å². The van der Waals surface area contributed by atoms with Crippen molar-refractivity contribution in [3.63, 3.8) is 0 Å². The number of benzene rings is 3. The van der Waals surface area contributed by atoms with Gasteiger partial charge in [0.25, 0.3) is 0 Å². The summed E-state index contributed by atoms with van der Waals surface area (Å²) in [5.41, 5.74) is 0. The van der Waals surface area contributed by atoms with Crippen LogP contribution >= 0.6 is 15.9 Å². The second-order valence-electron chi connectivity index (χ2n) is 4.42. The molecule has 3 aromatic rings. The SMILES string of the molecule is Brc1ccc(Oc2ccccc2)cc1Oc1ccccc1. The third kappa shape index (κ3) is 3.64. The Morgan fingerprint density at radius 2 is 1.14 bits per heavy atom. The zero-order valence-electron chi connectivity index (χ0n) is 11.2. The standard InChI is InChI=1S/C18H13BrO2/c19-17-12-11-16(20-14-7-3-1-4-8-14)13-18(17)21-15-9-5-2-6-10-15/h1-13H. The maximum absolute atomic E-state index is 5.86. The van der Waals surface area contributed by atoms with Gasteiger partial charge in [-0.05, 0) is 52.3 Å². The van der Waals surface area contributed by atoms with E-state index in [0.29, 0.717) is 0 Å². The summed E-state index contributed by atoms with van der Waals surface area (Å²) in [6, 6.07) is 25.0. The van der Waals surface area contributed by atoms with Gasteiger partial charge in [0, 0.05) is 6.07 Å². The lowest BCUT2D eigenvalue weighted by molar-refractivity contribution is 0.458. The molecule has 0 amide bonds. The van der Waals surface area contributed by atoms with Gasteiger partial charge in [0.05, 0.1) is 4.47 Å². The first kappa shape index (κ1) is 13.7. The fourth-order valence-electron chi connectivity index (χ4n) is 1.87. The van der Waals surface area contributed by atoms with E-state index in [1.807, 2.05) is 78.9 Å². The van der Waals surface area contributed by atoms with E-state index in [9.17, 15) is 0 Å². The highest BCUT2D eigenvalue weighted by molar-refractivity contribution is 9.10. The lowest BCUT2D eigenvalue weighted by Gasteiger charge is -2.10. The maximum Gasteiger partial charge on any atom is 0.145 e. The number of hydrogen-bond donors (Lipinski definition) is 0. The molecule has 3 aromatic carbocycles. The molecule has 3 rings (SSSR count). The van der Waals surface area contributed by atoms with Crippen LogP contribution in [0.5, 0.6) is 23.0 Å². The van der Waals surface area contributed by atoms with E-state index in [1.54, 1.807) is 0 Å². The Morgan fingerprint density at radius 1 is 0.571 bits per heavy atom. The Balaban J connectivity index is 1.83. The van der Waals surface area contributed by atoms with Crippen molar-refractivity contribution in [1.29, 1.82) is 0 Å². The summed E-state index contributed by atoms with van der Waals surface area (Å²) < 4.78 is 12.6. The van der Waals surface area contributed by atoms with E-state index in [1.165, 1.54) is 0 Å². The molecular weight excluding hydrogens is 328 g/mol. The van der Waals surface area contributed by atoms with E-state index in [4.69, 9.17) is 9.47 Å². The average Bonchev–Trinajstić information content (AvgIpc) is 2.53. The van der Waals surface area contributed by atoms with Crippen molar-refractivity contribution in [2.75, 3.05) is 0 Å². The van der Waals surface area contributed by atoms with Crippen LogP contribution in [0.3, 0.4) is 0 Å². The summed E-state index contributed by atoms with van der Waals surface area (Å²) in [6.45, 7) is 0. The Hall–Kier alpha value is -2.26. The third-order valence-corrected chi connectivity index (χ3v) is 3.51. The molecule has 0 fully saturated rings. The highest BCUT2D eigenvalue weighted by Crippen LogP contribution is 2.34. The second kappa shape index (κ2) is 6.46. The molecule has 0 radical (unpaired) electrons. The molecule has 0 atom stereocenters. The highest BCUT2D eigenvalue weighted by Gasteiger charge is 2.06. The van der Waals surface area contributed by atoms with Crippen LogP contribution < -0.4 is 9.47 Å². The average molecular weight is 341 g/mol. The predicted molar refractivity (Wildman–Crippen MR) is 87.2 cm³/mol. The zero-order chi connectivity index (χ0) is 14.5. The third-order valence-electron chi connectivity index (χ3n) is 2.85. The summed E-state index contributed by atoms with van der Waals surface area (Å²) in [5.74, 6) is 3.03. The van der Waals surface area contributed by atoms with Crippen LogP contribution in [0.4, 0.5) is 0 Å². The zero-order valence-corrected chi connectivity index (χ0v) is 12.8. The van der Waals surface area contributed by atoms with E-state index in [0.717, 1.165) is 27.5 Å². The Bertz CT molecular complexity index is 712. The molecule has 21 heavy (non-hydrogen) atoms. The molecule has 0 bridgehead atoms. The van der Waals surface area contributed by atoms with Crippen molar-refractivity contribution < 1.29 is 9.47 Å². The largest absolute Gasteiger partial charge is 0.457 e. The smallest absolute Gasteiger partial charge is 0.145 e. The van der Waals surface area contributed by atoms with Crippen LogP contribution in [0.2, 0.25) is 0 Å². The van der Waals surface area contributed by atoms with Crippen LogP contribution in [0, 0.1) is 0 Å². The van der Waals surface area contributed by atoms with E-state index < -0.39 is 0 Å². The minimum atomic E-state index is 0.717. The highest BCUT2D eigenvalue weighted by atomic mass is 79.9. The molecule has 0 aromatic heterocycles. The molecule has 0 aliphatic rings. The lowest BCUT2D eigenvalue weighted by Crippen LogP contribution is -1.88. The molecule has 0 heterocycles. The van der Waals surface area contributed by atoms with Crippen molar-refractivity contribution in [2.45, 2.75) is 0 Å². The fraction of sp³-hybridized carbons (Fsp3) is 0. The van der Waals surface area contributed by atoms with Gasteiger partial charge < -0.3 is 9.47 Å². The van der Waals surface area contributed by atoms with Gasteiger partial charge in [-0.2, -0.15) is 0 Å². The maximum atomic E-state index is 5.86. The lowest BCUT2D eigenvalue weighted by atomic mass is 10.3. The first-order valence-corrected chi connectivity index (χ1v) is 7.36. The summed E-state index contributed by atoms with van der Waals surface area (Å²) in [7, 11) is 0. The summed E-state index contributed by atoms with van der Waals surface area (Å²) in [6.07, 6.45) is 0. The van der Waals surface area contributed by atoms with Gasteiger partial charge in [-0.25, -0.2) is 0 Å². The van der Waals surface area contributed by atoms with Crippen molar-refractivity contribution in [3.05, 3.63) is 83.3 Å². The summed E-state index contributed by atoms with van der Waals surface area (Å²) in [5, 5.41) is 0. The monoisotopic (exact) mass is 340 g/mol. The Labute approximate surface area is 132 Å². The van der Waals surface area contributed by atoms with Crippen LogP contribution in [0.15, 0.2) is 83.3 Å². The predicted octanol–water partition coefficient (Wildman–Crippen LogP) is 6.03. The van der Waals surface area contributed by atoms with Crippen LogP contribution in [-0.4, -0.2) is 0 Å². The molecule has 0 aliphatic heterocycles. The molecule has 104 valence electrons. The second-order valence-corrected chi connectivity index (χ2v) is 5.28. The minimum Gasteiger partial charge on any atom is -0.457 e. The molecule has 0 saturated heterocycles.